The van der Waals surface area contributed by atoms with Gasteiger partial charge in [-0.25, -0.2) is 4.98 Å². The van der Waals surface area contributed by atoms with Gasteiger partial charge >= 0.3 is 0 Å². The molecule has 2 rings (SSSR count). The zero-order valence-electron chi connectivity index (χ0n) is 10.9. The van der Waals surface area contributed by atoms with Crippen molar-refractivity contribution in [2.75, 3.05) is 7.11 Å². The minimum atomic E-state index is -0.629. The molecule has 100 valence electrons. The smallest absolute Gasteiger partial charge is 0.129 e. The van der Waals surface area contributed by atoms with Crippen LogP contribution in [0.3, 0.4) is 0 Å². The molecule has 3 nitrogen and oxygen atoms in total. The lowest BCUT2D eigenvalue weighted by Crippen LogP contribution is -2.04. The third-order valence-electron chi connectivity index (χ3n) is 2.98. The Morgan fingerprint density at radius 2 is 2.11 bits per heavy atom. The summed E-state index contributed by atoms with van der Waals surface area (Å²) in [7, 11) is 1.63. The Kier molecular flexibility index (Phi) is 4.40. The summed E-state index contributed by atoms with van der Waals surface area (Å²) in [4.78, 5) is 3.91. The van der Waals surface area contributed by atoms with Gasteiger partial charge in [0.15, 0.2) is 0 Å². The van der Waals surface area contributed by atoms with E-state index in [2.05, 4.69) is 4.98 Å². The molecule has 1 aromatic carbocycles. The number of aliphatic hydroxyl groups excluding tert-OH is 1. The minimum absolute atomic E-state index is 0.382. The van der Waals surface area contributed by atoms with Crippen molar-refractivity contribution in [2.45, 2.75) is 19.4 Å². The average Bonchev–Trinajstić information content (AvgIpc) is 2.39. The molecule has 19 heavy (non-hydrogen) atoms. The van der Waals surface area contributed by atoms with E-state index in [4.69, 9.17) is 16.3 Å². The van der Waals surface area contributed by atoms with Crippen LogP contribution in [0.15, 0.2) is 36.5 Å². The normalized spacial score (nSPS) is 12.2. The molecule has 4 heteroatoms. The zero-order valence-corrected chi connectivity index (χ0v) is 11.7. The van der Waals surface area contributed by atoms with Crippen molar-refractivity contribution in [2.24, 2.45) is 0 Å². The first kappa shape index (κ1) is 13.8. The van der Waals surface area contributed by atoms with Crippen LogP contribution in [0.25, 0.3) is 0 Å². The predicted molar refractivity (Wildman–Crippen MR) is 75.6 cm³/mol. The van der Waals surface area contributed by atoms with E-state index in [-0.39, 0.29) is 0 Å². The number of rotatable bonds is 4. The van der Waals surface area contributed by atoms with Crippen LogP contribution in [0, 0.1) is 6.92 Å². The quantitative estimate of drug-likeness (QED) is 0.872. The summed E-state index contributed by atoms with van der Waals surface area (Å²) < 4.78 is 5.31. The van der Waals surface area contributed by atoms with E-state index in [1.807, 2.05) is 25.1 Å². The summed E-state index contributed by atoms with van der Waals surface area (Å²) in [6.45, 7) is 2.01. The first-order valence-electron chi connectivity index (χ1n) is 6.03. The van der Waals surface area contributed by atoms with Gasteiger partial charge in [0.1, 0.15) is 10.9 Å². The molecule has 0 amide bonds. The fourth-order valence-corrected chi connectivity index (χ4v) is 2.20. The second-order valence-corrected chi connectivity index (χ2v) is 4.83. The number of benzene rings is 1. The van der Waals surface area contributed by atoms with Gasteiger partial charge in [-0.15, -0.1) is 0 Å². The van der Waals surface area contributed by atoms with Crippen LogP contribution in [0.1, 0.15) is 22.8 Å². The molecule has 0 spiro atoms. The lowest BCUT2D eigenvalue weighted by Gasteiger charge is -2.14. The van der Waals surface area contributed by atoms with Crippen LogP contribution < -0.4 is 4.74 Å². The fourth-order valence-electron chi connectivity index (χ4n) is 2.02. The molecule has 0 aliphatic heterocycles. The van der Waals surface area contributed by atoms with E-state index < -0.39 is 6.10 Å². The van der Waals surface area contributed by atoms with Gasteiger partial charge in [0.2, 0.25) is 0 Å². The first-order valence-corrected chi connectivity index (χ1v) is 6.41. The predicted octanol–water partition coefficient (Wildman–Crippen LogP) is 3.33. The number of hydrogen-bond donors (Lipinski definition) is 1. The van der Waals surface area contributed by atoms with Gasteiger partial charge < -0.3 is 9.84 Å². The van der Waals surface area contributed by atoms with Crippen LogP contribution >= 0.6 is 11.6 Å². The highest BCUT2D eigenvalue weighted by Gasteiger charge is 2.12. The topological polar surface area (TPSA) is 42.4 Å². The van der Waals surface area contributed by atoms with Crippen molar-refractivity contribution < 1.29 is 9.84 Å². The van der Waals surface area contributed by atoms with E-state index in [1.165, 1.54) is 0 Å². The van der Waals surface area contributed by atoms with E-state index in [1.54, 1.807) is 25.4 Å². The number of nitrogens with zero attached hydrogens (tertiary/aromatic N) is 1. The number of methoxy groups -OCH3 is 1. The number of hydrogen-bond acceptors (Lipinski definition) is 3. The third-order valence-corrected chi connectivity index (χ3v) is 3.19. The highest BCUT2D eigenvalue weighted by Crippen LogP contribution is 2.26. The molecule has 0 saturated heterocycles. The molecule has 1 aromatic heterocycles. The first-order chi connectivity index (χ1) is 9.10. The number of pyridine rings is 1. The summed E-state index contributed by atoms with van der Waals surface area (Å²) in [6.07, 6.45) is 1.44. The van der Waals surface area contributed by atoms with E-state index in [0.29, 0.717) is 11.6 Å². The third kappa shape index (κ3) is 3.46. The monoisotopic (exact) mass is 277 g/mol. The van der Waals surface area contributed by atoms with Crippen LogP contribution in [0.5, 0.6) is 5.75 Å². The SMILES string of the molecule is COc1ccc(C)cc1CC(O)c1ccnc(Cl)c1. The molecule has 2 aromatic rings. The van der Waals surface area contributed by atoms with Gasteiger partial charge in [0, 0.05) is 12.6 Å². The molecule has 0 aliphatic rings. The molecule has 0 saturated carbocycles. The lowest BCUT2D eigenvalue weighted by molar-refractivity contribution is 0.177. The molecule has 0 aliphatic carbocycles. The molecule has 1 unspecified atom stereocenters. The van der Waals surface area contributed by atoms with Gasteiger partial charge in [0.05, 0.1) is 13.2 Å². The fraction of sp³-hybridized carbons (Fsp3) is 0.267. The van der Waals surface area contributed by atoms with Crippen molar-refractivity contribution in [1.29, 1.82) is 0 Å². The van der Waals surface area contributed by atoms with Gasteiger partial charge in [0.25, 0.3) is 0 Å². The maximum absolute atomic E-state index is 10.3. The molecule has 1 N–H and O–H groups in total. The van der Waals surface area contributed by atoms with Crippen molar-refractivity contribution >= 4 is 11.6 Å². The largest absolute Gasteiger partial charge is 0.496 e. The summed E-state index contributed by atoms with van der Waals surface area (Å²) in [5.41, 5.74) is 2.86. The lowest BCUT2D eigenvalue weighted by atomic mass is 10.00. The maximum Gasteiger partial charge on any atom is 0.129 e. The highest BCUT2D eigenvalue weighted by molar-refractivity contribution is 6.29. The van der Waals surface area contributed by atoms with Crippen molar-refractivity contribution in [1.82, 2.24) is 4.98 Å². The van der Waals surface area contributed by atoms with Gasteiger partial charge in [-0.2, -0.15) is 0 Å². The molecular formula is C15H16ClNO2. The highest BCUT2D eigenvalue weighted by atomic mass is 35.5. The Morgan fingerprint density at radius 3 is 2.79 bits per heavy atom. The number of halogens is 1. The molecule has 0 bridgehead atoms. The molecular weight excluding hydrogens is 262 g/mol. The van der Waals surface area contributed by atoms with Crippen molar-refractivity contribution in [3.05, 3.63) is 58.4 Å². The Morgan fingerprint density at radius 1 is 1.32 bits per heavy atom. The summed E-state index contributed by atoms with van der Waals surface area (Å²) in [6, 6.07) is 9.35. The van der Waals surface area contributed by atoms with Crippen LogP contribution in [-0.4, -0.2) is 17.2 Å². The molecule has 0 fully saturated rings. The molecule has 1 atom stereocenters. The summed E-state index contributed by atoms with van der Waals surface area (Å²) in [5.74, 6) is 0.782. The minimum Gasteiger partial charge on any atom is -0.496 e. The Balaban J connectivity index is 2.23. The van der Waals surface area contributed by atoms with Crippen LogP contribution in [0.2, 0.25) is 5.15 Å². The molecule has 1 heterocycles. The second-order valence-electron chi connectivity index (χ2n) is 4.45. The second kappa shape index (κ2) is 6.04. The number of aromatic nitrogens is 1. The Hall–Kier alpha value is -1.58. The average molecular weight is 278 g/mol. The van der Waals surface area contributed by atoms with Crippen LogP contribution in [-0.2, 0) is 6.42 Å². The summed E-state index contributed by atoms with van der Waals surface area (Å²) in [5, 5.41) is 10.6. The number of ether oxygens (including phenoxy) is 1. The van der Waals surface area contributed by atoms with Gasteiger partial charge in [-0.05, 0) is 36.2 Å². The van der Waals surface area contributed by atoms with Crippen molar-refractivity contribution in [3.63, 3.8) is 0 Å². The Labute approximate surface area is 117 Å². The van der Waals surface area contributed by atoms with E-state index in [9.17, 15) is 5.11 Å². The van der Waals surface area contributed by atoms with Gasteiger partial charge in [-0.3, -0.25) is 0 Å². The van der Waals surface area contributed by atoms with Crippen LogP contribution in [0.4, 0.5) is 0 Å². The standard InChI is InChI=1S/C15H16ClNO2/c1-10-3-4-14(19-2)12(7-10)8-13(18)11-5-6-17-15(16)9-11/h3-7,9,13,18H,8H2,1-2H3. The van der Waals surface area contributed by atoms with E-state index in [0.717, 1.165) is 22.4 Å². The zero-order chi connectivity index (χ0) is 13.8. The maximum atomic E-state index is 10.3. The Bertz CT molecular complexity index is 572. The summed E-state index contributed by atoms with van der Waals surface area (Å²) >= 11 is 5.83. The number of aliphatic hydroxyl groups is 1. The molecule has 0 radical (unpaired) electrons. The number of aryl methyl sites for hydroxylation is 1. The van der Waals surface area contributed by atoms with Crippen molar-refractivity contribution in [3.8, 4) is 5.75 Å². The van der Waals surface area contributed by atoms with E-state index >= 15 is 0 Å². The van der Waals surface area contributed by atoms with Gasteiger partial charge in [-0.1, -0.05) is 29.3 Å².